The highest BCUT2D eigenvalue weighted by Gasteiger charge is 2.55. The van der Waals surface area contributed by atoms with Crippen LogP contribution in [-0.4, -0.2) is 33.5 Å². The maximum atomic E-state index is 12.4. The van der Waals surface area contributed by atoms with Crippen LogP contribution in [0.1, 0.15) is 6.42 Å². The Bertz CT molecular complexity index is 685. The average Bonchev–Trinajstić information content (AvgIpc) is 3.18. The molecule has 0 aromatic carbocycles. The number of amides is 2. The van der Waals surface area contributed by atoms with Gasteiger partial charge in [0.05, 0.1) is 29.7 Å². The van der Waals surface area contributed by atoms with Gasteiger partial charge in [-0.25, -0.2) is 9.48 Å². The molecule has 1 aliphatic rings. The average molecular weight is 325 g/mol. The van der Waals surface area contributed by atoms with Crippen LogP contribution in [0, 0.1) is 11.8 Å². The van der Waals surface area contributed by atoms with Gasteiger partial charge in [0.25, 0.3) is 0 Å². The molecule has 2 N–H and O–H groups in total. The lowest BCUT2D eigenvalue weighted by molar-refractivity contribution is -0.150. The molecular formula is C14H14F3N5O. The second-order valence-electron chi connectivity index (χ2n) is 5.36. The topological polar surface area (TPSA) is 71.8 Å². The third-order valence-electron chi connectivity index (χ3n) is 3.64. The van der Waals surface area contributed by atoms with Crippen LogP contribution < -0.4 is 10.6 Å². The van der Waals surface area contributed by atoms with Gasteiger partial charge in [0.2, 0.25) is 0 Å². The van der Waals surface area contributed by atoms with Gasteiger partial charge < -0.3 is 10.6 Å². The van der Waals surface area contributed by atoms with Crippen molar-refractivity contribution >= 4 is 11.7 Å². The Morgan fingerprint density at radius 1 is 1.35 bits per heavy atom. The molecule has 23 heavy (non-hydrogen) atoms. The summed E-state index contributed by atoms with van der Waals surface area (Å²) in [7, 11) is 0. The maximum Gasteiger partial charge on any atom is 0.392 e. The van der Waals surface area contributed by atoms with Gasteiger partial charge in [-0.2, -0.15) is 18.3 Å². The van der Waals surface area contributed by atoms with Gasteiger partial charge in [0, 0.05) is 18.9 Å². The number of nitrogens with one attached hydrogen (secondary N) is 2. The number of alkyl halides is 3. The minimum Gasteiger partial charge on any atom is -0.338 e. The predicted octanol–water partition coefficient (Wildman–Crippen LogP) is 2.59. The summed E-state index contributed by atoms with van der Waals surface area (Å²) in [5.41, 5.74) is 1.22. The molecule has 6 nitrogen and oxygen atoms in total. The van der Waals surface area contributed by atoms with E-state index in [-0.39, 0.29) is 13.0 Å². The third-order valence-corrected chi connectivity index (χ3v) is 3.64. The zero-order valence-corrected chi connectivity index (χ0v) is 11.9. The molecule has 0 spiro atoms. The maximum absolute atomic E-state index is 12.4. The third kappa shape index (κ3) is 3.79. The van der Waals surface area contributed by atoms with Crippen LogP contribution in [0.15, 0.2) is 36.9 Å². The lowest BCUT2D eigenvalue weighted by Crippen LogP contribution is -2.31. The van der Waals surface area contributed by atoms with Crippen molar-refractivity contribution in [3.8, 4) is 5.69 Å². The molecule has 0 bridgehead atoms. The van der Waals surface area contributed by atoms with E-state index < -0.39 is 24.0 Å². The normalized spacial score (nSPS) is 20.1. The van der Waals surface area contributed by atoms with Gasteiger partial charge in [-0.15, -0.1) is 0 Å². The van der Waals surface area contributed by atoms with E-state index in [0.717, 1.165) is 5.69 Å². The molecule has 2 aromatic rings. The van der Waals surface area contributed by atoms with Crippen LogP contribution >= 0.6 is 0 Å². The summed E-state index contributed by atoms with van der Waals surface area (Å²) < 4.78 is 38.7. The number of anilines is 1. The number of carbonyl (C=O) groups is 1. The summed E-state index contributed by atoms with van der Waals surface area (Å²) in [6.07, 6.45) is 2.19. The quantitative estimate of drug-likeness (QED) is 0.907. The van der Waals surface area contributed by atoms with Crippen molar-refractivity contribution in [2.24, 2.45) is 11.8 Å². The summed E-state index contributed by atoms with van der Waals surface area (Å²) >= 11 is 0. The molecule has 2 atom stereocenters. The number of rotatable bonds is 4. The Morgan fingerprint density at radius 3 is 2.74 bits per heavy atom. The van der Waals surface area contributed by atoms with E-state index >= 15 is 0 Å². The first-order chi connectivity index (χ1) is 10.9. The van der Waals surface area contributed by atoms with Crippen LogP contribution in [0.2, 0.25) is 0 Å². The van der Waals surface area contributed by atoms with Crippen molar-refractivity contribution in [3.05, 3.63) is 36.9 Å². The van der Waals surface area contributed by atoms with Crippen LogP contribution in [0.4, 0.5) is 23.7 Å². The molecule has 1 fully saturated rings. The van der Waals surface area contributed by atoms with Gasteiger partial charge in [-0.3, -0.25) is 4.98 Å². The predicted molar refractivity (Wildman–Crippen MR) is 76.0 cm³/mol. The Labute approximate surface area is 129 Å². The molecular weight excluding hydrogens is 311 g/mol. The van der Waals surface area contributed by atoms with Crippen molar-refractivity contribution in [1.29, 1.82) is 0 Å². The molecule has 122 valence electrons. The Balaban J connectivity index is 1.49. The lowest BCUT2D eigenvalue weighted by atomic mass is 10.3. The van der Waals surface area contributed by atoms with Crippen molar-refractivity contribution in [3.63, 3.8) is 0 Å². The number of hydrogen-bond acceptors (Lipinski definition) is 3. The van der Waals surface area contributed by atoms with E-state index in [1.54, 1.807) is 35.4 Å². The second-order valence-corrected chi connectivity index (χ2v) is 5.36. The van der Waals surface area contributed by atoms with Gasteiger partial charge in [0.15, 0.2) is 0 Å². The first kappa shape index (κ1) is 15.3. The van der Waals surface area contributed by atoms with Crippen LogP contribution in [0.5, 0.6) is 0 Å². The minimum absolute atomic E-state index is 0.00843. The van der Waals surface area contributed by atoms with Gasteiger partial charge in [-0.05, 0) is 24.5 Å². The summed E-state index contributed by atoms with van der Waals surface area (Å²) in [6, 6.07) is 2.95. The van der Waals surface area contributed by atoms with Gasteiger partial charge >= 0.3 is 12.2 Å². The number of nitrogens with zero attached hydrogens (tertiary/aromatic N) is 3. The number of aromatic nitrogens is 3. The largest absolute Gasteiger partial charge is 0.392 e. The highest BCUT2D eigenvalue weighted by Crippen LogP contribution is 2.49. The Hall–Kier alpha value is -2.58. The van der Waals surface area contributed by atoms with E-state index in [0.29, 0.717) is 5.69 Å². The number of halogens is 3. The number of hydrogen-bond donors (Lipinski definition) is 2. The molecule has 0 radical (unpaired) electrons. The fourth-order valence-corrected chi connectivity index (χ4v) is 2.30. The fraction of sp³-hybridized carbons (Fsp3) is 0.357. The molecule has 0 unspecified atom stereocenters. The van der Waals surface area contributed by atoms with E-state index in [1.165, 1.54) is 6.20 Å². The summed E-state index contributed by atoms with van der Waals surface area (Å²) in [5, 5.41) is 9.07. The SMILES string of the molecule is O=C(NC[C@@H]1C[C@H]1C(F)(F)F)Nc1cnn(-c2ccncc2)c1. The zero-order chi connectivity index (χ0) is 16.4. The highest BCUT2D eigenvalue weighted by atomic mass is 19.4. The molecule has 0 saturated heterocycles. The molecule has 1 aliphatic carbocycles. The van der Waals surface area contributed by atoms with Gasteiger partial charge in [-0.1, -0.05) is 0 Å². The molecule has 3 rings (SSSR count). The van der Waals surface area contributed by atoms with E-state index in [1.807, 2.05) is 0 Å². The van der Waals surface area contributed by atoms with E-state index in [2.05, 4.69) is 20.7 Å². The summed E-state index contributed by atoms with van der Waals surface area (Å²) in [5.74, 6) is -1.82. The zero-order valence-electron chi connectivity index (χ0n) is 11.9. The molecule has 9 heteroatoms. The van der Waals surface area contributed by atoms with Crippen LogP contribution in [0.3, 0.4) is 0 Å². The number of urea groups is 1. The van der Waals surface area contributed by atoms with Crippen molar-refractivity contribution in [2.45, 2.75) is 12.6 Å². The van der Waals surface area contributed by atoms with Crippen molar-refractivity contribution in [2.75, 3.05) is 11.9 Å². The van der Waals surface area contributed by atoms with Crippen molar-refractivity contribution in [1.82, 2.24) is 20.1 Å². The molecule has 0 aliphatic heterocycles. The summed E-state index contributed by atoms with van der Waals surface area (Å²) in [4.78, 5) is 15.6. The second kappa shape index (κ2) is 5.90. The number of carbonyl (C=O) groups excluding carboxylic acids is 1. The first-order valence-corrected chi connectivity index (χ1v) is 7.00. The Kier molecular flexibility index (Phi) is 3.93. The van der Waals surface area contributed by atoms with Gasteiger partial charge in [0.1, 0.15) is 0 Å². The highest BCUT2D eigenvalue weighted by molar-refractivity contribution is 5.88. The molecule has 2 heterocycles. The fourth-order valence-electron chi connectivity index (χ4n) is 2.30. The van der Waals surface area contributed by atoms with Crippen molar-refractivity contribution < 1.29 is 18.0 Å². The number of pyridine rings is 1. The molecule has 2 amide bonds. The first-order valence-electron chi connectivity index (χ1n) is 7.00. The van der Waals surface area contributed by atoms with E-state index in [9.17, 15) is 18.0 Å². The van der Waals surface area contributed by atoms with E-state index in [4.69, 9.17) is 0 Å². The smallest absolute Gasteiger partial charge is 0.338 e. The Morgan fingerprint density at radius 2 is 2.09 bits per heavy atom. The lowest BCUT2D eigenvalue weighted by Gasteiger charge is -2.07. The minimum atomic E-state index is -4.17. The standard InChI is InChI=1S/C14H14F3N5O/c15-14(16,17)12-5-9(12)6-19-13(23)21-10-7-20-22(8-10)11-1-3-18-4-2-11/h1-4,7-9,12H,5-6H2,(H2,19,21,23)/t9-,12+/m0/s1. The van der Waals surface area contributed by atoms with Crippen LogP contribution in [0.25, 0.3) is 5.69 Å². The summed E-state index contributed by atoms with van der Waals surface area (Å²) in [6.45, 7) is 0.00843. The molecule has 1 saturated carbocycles. The molecule has 2 aromatic heterocycles. The van der Waals surface area contributed by atoms with Crippen LogP contribution in [-0.2, 0) is 0 Å². The monoisotopic (exact) mass is 325 g/mol.